The van der Waals surface area contributed by atoms with Crippen molar-refractivity contribution >= 4 is 34.6 Å². The molecule has 3 aromatic rings. The highest BCUT2D eigenvalue weighted by molar-refractivity contribution is 6.03. The maximum absolute atomic E-state index is 12.6. The normalized spacial score (nSPS) is 10.2. The molecule has 2 aromatic carbocycles. The Kier molecular flexibility index (Phi) is 5.69. The third kappa shape index (κ3) is 4.94. The molecule has 2 amide bonds. The van der Waals surface area contributed by atoms with E-state index in [0.717, 1.165) is 33.9 Å². The Morgan fingerprint density at radius 3 is 2.21 bits per heavy atom. The summed E-state index contributed by atoms with van der Waals surface area (Å²) in [4.78, 5) is 27.8. The van der Waals surface area contributed by atoms with Gasteiger partial charge < -0.3 is 16.0 Å². The molecule has 1 aromatic heterocycles. The fourth-order valence-corrected chi connectivity index (χ4v) is 2.78. The lowest BCUT2D eigenvalue weighted by Gasteiger charge is -2.11. The second-order valence-electron chi connectivity index (χ2n) is 6.59. The molecule has 0 aliphatic heterocycles. The third-order valence-corrected chi connectivity index (χ3v) is 4.12. The Morgan fingerprint density at radius 1 is 0.821 bits per heavy atom. The summed E-state index contributed by atoms with van der Waals surface area (Å²) < 4.78 is 0. The number of rotatable bonds is 5. The molecule has 0 spiro atoms. The molecule has 0 radical (unpaired) electrons. The summed E-state index contributed by atoms with van der Waals surface area (Å²) in [6, 6.07) is 16.7. The van der Waals surface area contributed by atoms with Gasteiger partial charge in [-0.05, 0) is 61.9 Å². The molecule has 6 heteroatoms. The van der Waals surface area contributed by atoms with Crippen LogP contribution in [0.1, 0.15) is 28.5 Å². The third-order valence-electron chi connectivity index (χ3n) is 4.12. The van der Waals surface area contributed by atoms with Crippen LogP contribution in [0, 0.1) is 13.8 Å². The fourth-order valence-electron chi connectivity index (χ4n) is 2.78. The molecule has 0 atom stereocenters. The topological polar surface area (TPSA) is 83.1 Å². The summed E-state index contributed by atoms with van der Waals surface area (Å²) in [5, 5.41) is 8.85. The summed E-state index contributed by atoms with van der Waals surface area (Å²) >= 11 is 0. The molecule has 0 saturated heterocycles. The molecule has 0 bridgehead atoms. The van der Waals surface area contributed by atoms with Crippen LogP contribution in [0.2, 0.25) is 0 Å². The van der Waals surface area contributed by atoms with Gasteiger partial charge in [-0.1, -0.05) is 17.7 Å². The Labute approximate surface area is 164 Å². The second-order valence-corrected chi connectivity index (χ2v) is 6.59. The van der Waals surface area contributed by atoms with E-state index in [9.17, 15) is 9.59 Å². The van der Waals surface area contributed by atoms with Crippen molar-refractivity contribution in [2.24, 2.45) is 0 Å². The van der Waals surface area contributed by atoms with Gasteiger partial charge >= 0.3 is 0 Å². The van der Waals surface area contributed by atoms with Gasteiger partial charge in [-0.2, -0.15) is 0 Å². The van der Waals surface area contributed by atoms with Gasteiger partial charge in [0, 0.05) is 35.9 Å². The zero-order chi connectivity index (χ0) is 20.1. The molecule has 0 fully saturated rings. The fraction of sp³-hybridized carbons (Fsp3) is 0.136. The van der Waals surface area contributed by atoms with Gasteiger partial charge in [0.15, 0.2) is 0 Å². The minimum absolute atomic E-state index is 0.116. The van der Waals surface area contributed by atoms with Crippen LogP contribution in [0.3, 0.4) is 0 Å². The lowest BCUT2D eigenvalue weighted by atomic mass is 10.1. The van der Waals surface area contributed by atoms with Gasteiger partial charge in [0.25, 0.3) is 5.91 Å². The van der Waals surface area contributed by atoms with Crippen molar-refractivity contribution in [1.29, 1.82) is 0 Å². The van der Waals surface area contributed by atoms with E-state index in [-0.39, 0.29) is 11.8 Å². The molecular weight excluding hydrogens is 352 g/mol. The molecular formula is C22H22N4O2. The highest BCUT2D eigenvalue weighted by Gasteiger charge is 2.10. The first-order valence-corrected chi connectivity index (χ1v) is 8.90. The van der Waals surface area contributed by atoms with E-state index in [4.69, 9.17) is 0 Å². The molecule has 0 unspecified atom stereocenters. The second kappa shape index (κ2) is 8.35. The molecule has 3 N–H and O–H groups in total. The highest BCUT2D eigenvalue weighted by atomic mass is 16.2. The largest absolute Gasteiger partial charge is 0.355 e. The maximum atomic E-state index is 12.6. The Morgan fingerprint density at radius 2 is 1.54 bits per heavy atom. The molecule has 1 heterocycles. The van der Waals surface area contributed by atoms with Gasteiger partial charge in [-0.3, -0.25) is 14.6 Å². The monoisotopic (exact) mass is 374 g/mol. The van der Waals surface area contributed by atoms with Gasteiger partial charge in [0.05, 0.1) is 0 Å². The Bertz CT molecular complexity index is 1010. The van der Waals surface area contributed by atoms with Crippen LogP contribution in [-0.4, -0.2) is 16.8 Å². The number of pyridine rings is 1. The van der Waals surface area contributed by atoms with E-state index in [1.54, 1.807) is 30.5 Å². The summed E-state index contributed by atoms with van der Waals surface area (Å²) in [6.07, 6.45) is 1.59. The van der Waals surface area contributed by atoms with Crippen LogP contribution in [-0.2, 0) is 4.79 Å². The van der Waals surface area contributed by atoms with E-state index < -0.39 is 0 Å². The first-order chi connectivity index (χ1) is 13.4. The number of carbonyl (C=O) groups is 2. The van der Waals surface area contributed by atoms with Crippen molar-refractivity contribution < 1.29 is 9.59 Å². The number of aromatic nitrogens is 1. The van der Waals surface area contributed by atoms with Crippen molar-refractivity contribution in [3.8, 4) is 0 Å². The van der Waals surface area contributed by atoms with Crippen molar-refractivity contribution in [1.82, 2.24) is 4.98 Å². The molecule has 142 valence electrons. The lowest BCUT2D eigenvalue weighted by Crippen LogP contribution is -2.14. The van der Waals surface area contributed by atoms with E-state index in [1.807, 2.05) is 44.2 Å². The standard InChI is InChI=1S/C22H22N4O2/c1-14-4-9-20(15(2)12-14)26-22(28)21-13-19(10-11-23-21)25-18-7-5-17(6-8-18)24-16(3)27/h4-13H,1-3H3,(H,23,25)(H,24,27)(H,26,28). The van der Waals surface area contributed by atoms with E-state index in [2.05, 4.69) is 20.9 Å². The lowest BCUT2D eigenvalue weighted by molar-refractivity contribution is -0.114. The zero-order valence-corrected chi connectivity index (χ0v) is 16.0. The molecule has 28 heavy (non-hydrogen) atoms. The molecule has 3 rings (SSSR count). The number of nitrogens with one attached hydrogen (secondary N) is 3. The predicted molar refractivity (Wildman–Crippen MR) is 112 cm³/mol. The van der Waals surface area contributed by atoms with Crippen LogP contribution < -0.4 is 16.0 Å². The summed E-state index contributed by atoms with van der Waals surface area (Å²) in [5.41, 5.74) is 5.53. The van der Waals surface area contributed by atoms with E-state index in [0.29, 0.717) is 5.69 Å². The zero-order valence-electron chi connectivity index (χ0n) is 16.0. The van der Waals surface area contributed by atoms with E-state index >= 15 is 0 Å². The van der Waals surface area contributed by atoms with Crippen LogP contribution in [0.5, 0.6) is 0 Å². The Hall–Kier alpha value is -3.67. The first kappa shape index (κ1) is 19.1. The number of aryl methyl sites for hydroxylation is 2. The van der Waals surface area contributed by atoms with Crippen LogP contribution in [0.25, 0.3) is 0 Å². The van der Waals surface area contributed by atoms with Crippen LogP contribution in [0.4, 0.5) is 22.7 Å². The molecule has 0 aliphatic rings. The summed E-state index contributed by atoms with van der Waals surface area (Å²) in [5.74, 6) is -0.383. The van der Waals surface area contributed by atoms with Crippen LogP contribution >= 0.6 is 0 Å². The Balaban J connectivity index is 1.71. The van der Waals surface area contributed by atoms with Crippen molar-refractivity contribution in [3.63, 3.8) is 0 Å². The first-order valence-electron chi connectivity index (χ1n) is 8.90. The average molecular weight is 374 g/mol. The number of amides is 2. The number of nitrogens with zero attached hydrogens (tertiary/aromatic N) is 1. The maximum Gasteiger partial charge on any atom is 0.274 e. The van der Waals surface area contributed by atoms with Crippen molar-refractivity contribution in [2.45, 2.75) is 20.8 Å². The van der Waals surface area contributed by atoms with Crippen molar-refractivity contribution in [2.75, 3.05) is 16.0 Å². The number of benzene rings is 2. The van der Waals surface area contributed by atoms with Gasteiger partial charge in [0.2, 0.25) is 5.91 Å². The minimum atomic E-state index is -0.267. The summed E-state index contributed by atoms with van der Waals surface area (Å²) in [7, 11) is 0. The molecule has 0 aliphatic carbocycles. The van der Waals surface area contributed by atoms with Crippen LogP contribution in [0.15, 0.2) is 60.8 Å². The molecule has 6 nitrogen and oxygen atoms in total. The number of carbonyl (C=O) groups excluding carboxylic acids is 2. The predicted octanol–water partition coefficient (Wildman–Crippen LogP) is 4.65. The number of hydrogen-bond acceptors (Lipinski definition) is 4. The van der Waals surface area contributed by atoms with E-state index in [1.165, 1.54) is 6.92 Å². The van der Waals surface area contributed by atoms with Crippen molar-refractivity contribution in [3.05, 3.63) is 77.6 Å². The highest BCUT2D eigenvalue weighted by Crippen LogP contribution is 2.21. The number of hydrogen-bond donors (Lipinski definition) is 3. The quantitative estimate of drug-likeness (QED) is 0.607. The SMILES string of the molecule is CC(=O)Nc1ccc(Nc2ccnc(C(=O)Nc3ccc(C)cc3C)c2)cc1. The minimum Gasteiger partial charge on any atom is -0.355 e. The smallest absolute Gasteiger partial charge is 0.274 e. The number of anilines is 4. The average Bonchev–Trinajstić information content (AvgIpc) is 2.65. The van der Waals surface area contributed by atoms with Gasteiger partial charge in [0.1, 0.15) is 5.69 Å². The van der Waals surface area contributed by atoms with Gasteiger partial charge in [-0.15, -0.1) is 0 Å². The molecule has 0 saturated carbocycles. The van der Waals surface area contributed by atoms with Gasteiger partial charge in [-0.25, -0.2) is 0 Å². The summed E-state index contributed by atoms with van der Waals surface area (Å²) in [6.45, 7) is 5.43.